The predicted octanol–water partition coefficient (Wildman–Crippen LogP) is 1.60. The van der Waals surface area contributed by atoms with Gasteiger partial charge in [-0.15, -0.1) is 0 Å². The second-order valence-electron chi connectivity index (χ2n) is 3.64. The maximum atomic E-state index is 10.5. The fourth-order valence-electron chi connectivity index (χ4n) is 1.54. The van der Waals surface area contributed by atoms with Gasteiger partial charge in [0.25, 0.3) is 0 Å². The molecule has 0 radical (unpaired) electrons. The van der Waals surface area contributed by atoms with Crippen molar-refractivity contribution in [1.82, 2.24) is 0 Å². The van der Waals surface area contributed by atoms with Gasteiger partial charge in [-0.3, -0.25) is 4.79 Å². The van der Waals surface area contributed by atoms with Crippen LogP contribution in [0.25, 0.3) is 0 Å². The summed E-state index contributed by atoms with van der Waals surface area (Å²) in [6, 6.07) is 7.75. The average Bonchev–Trinajstić information content (AvgIpc) is 2.18. The number of carboxylic acid groups (broad SMARTS) is 1. The molecule has 1 aromatic carbocycles. The molecule has 1 aromatic rings. The van der Waals surface area contributed by atoms with Crippen molar-refractivity contribution in [2.45, 2.75) is 25.7 Å². The molecule has 0 amide bonds. The second kappa shape index (κ2) is 6.19. The molecular formula is C12H17NO2. The molecular weight excluding hydrogens is 190 g/mol. The number of carboxylic acids is 1. The van der Waals surface area contributed by atoms with Crippen LogP contribution >= 0.6 is 0 Å². The lowest BCUT2D eigenvalue weighted by Crippen LogP contribution is -2.01. The summed E-state index contributed by atoms with van der Waals surface area (Å²) in [7, 11) is 0. The van der Waals surface area contributed by atoms with E-state index < -0.39 is 5.97 Å². The molecule has 0 atom stereocenters. The summed E-state index contributed by atoms with van der Waals surface area (Å²) in [6.45, 7) is 0.717. The predicted molar refractivity (Wildman–Crippen MR) is 59.8 cm³/mol. The van der Waals surface area contributed by atoms with Crippen LogP contribution in [0, 0.1) is 0 Å². The molecule has 0 saturated carbocycles. The summed E-state index contributed by atoms with van der Waals surface area (Å²) in [6.07, 6.45) is 3.16. The van der Waals surface area contributed by atoms with Gasteiger partial charge in [0, 0.05) is 0 Å². The molecule has 0 unspecified atom stereocenters. The Bertz CT molecular complexity index is 323. The minimum absolute atomic E-state index is 0.102. The van der Waals surface area contributed by atoms with Crippen molar-refractivity contribution in [1.29, 1.82) is 0 Å². The van der Waals surface area contributed by atoms with Gasteiger partial charge < -0.3 is 10.8 Å². The van der Waals surface area contributed by atoms with E-state index in [2.05, 4.69) is 0 Å². The molecule has 0 aliphatic heterocycles. The highest BCUT2D eigenvalue weighted by Gasteiger charge is 2.01. The summed E-state index contributed by atoms with van der Waals surface area (Å²) >= 11 is 0. The smallest absolute Gasteiger partial charge is 0.307 e. The number of aryl methyl sites for hydroxylation is 1. The van der Waals surface area contributed by atoms with Crippen molar-refractivity contribution in [3.63, 3.8) is 0 Å². The standard InChI is InChI=1S/C12H17NO2/c13-7-2-1-4-10-5-3-6-11(8-10)9-12(14)15/h3,5-6,8H,1-2,4,7,9,13H2,(H,14,15). The topological polar surface area (TPSA) is 63.3 Å². The van der Waals surface area contributed by atoms with Crippen molar-refractivity contribution in [3.8, 4) is 0 Å². The van der Waals surface area contributed by atoms with Gasteiger partial charge in [-0.25, -0.2) is 0 Å². The molecule has 15 heavy (non-hydrogen) atoms. The zero-order chi connectivity index (χ0) is 11.1. The van der Waals surface area contributed by atoms with Crippen molar-refractivity contribution in [3.05, 3.63) is 35.4 Å². The SMILES string of the molecule is NCCCCc1cccc(CC(=O)O)c1. The first-order valence-corrected chi connectivity index (χ1v) is 5.22. The Kier molecular flexibility index (Phi) is 4.84. The first-order valence-electron chi connectivity index (χ1n) is 5.22. The molecule has 3 nitrogen and oxygen atoms in total. The Morgan fingerprint density at radius 2 is 2.00 bits per heavy atom. The maximum Gasteiger partial charge on any atom is 0.307 e. The highest BCUT2D eigenvalue weighted by Crippen LogP contribution is 2.09. The monoisotopic (exact) mass is 207 g/mol. The van der Waals surface area contributed by atoms with Crippen LogP contribution in [0.15, 0.2) is 24.3 Å². The van der Waals surface area contributed by atoms with E-state index in [1.54, 1.807) is 0 Å². The highest BCUT2D eigenvalue weighted by atomic mass is 16.4. The maximum absolute atomic E-state index is 10.5. The van der Waals surface area contributed by atoms with Gasteiger partial charge in [-0.05, 0) is 36.9 Å². The summed E-state index contributed by atoms with van der Waals surface area (Å²) in [4.78, 5) is 10.5. The number of unbranched alkanes of at least 4 members (excludes halogenated alkanes) is 1. The Balaban J connectivity index is 2.53. The van der Waals surface area contributed by atoms with Gasteiger partial charge in [-0.1, -0.05) is 24.3 Å². The number of aliphatic carboxylic acids is 1. The van der Waals surface area contributed by atoms with Crippen LogP contribution in [-0.4, -0.2) is 17.6 Å². The van der Waals surface area contributed by atoms with Gasteiger partial charge in [0.1, 0.15) is 0 Å². The van der Waals surface area contributed by atoms with E-state index >= 15 is 0 Å². The van der Waals surface area contributed by atoms with Gasteiger partial charge in [-0.2, -0.15) is 0 Å². The molecule has 0 spiro atoms. The number of benzene rings is 1. The number of hydrogen-bond acceptors (Lipinski definition) is 2. The Labute approximate surface area is 89.9 Å². The zero-order valence-corrected chi connectivity index (χ0v) is 8.78. The fraction of sp³-hybridized carbons (Fsp3) is 0.417. The average molecular weight is 207 g/mol. The van der Waals surface area contributed by atoms with Gasteiger partial charge in [0.05, 0.1) is 6.42 Å². The van der Waals surface area contributed by atoms with Crippen LogP contribution in [0.4, 0.5) is 0 Å². The molecule has 3 heteroatoms. The highest BCUT2D eigenvalue weighted by molar-refractivity contribution is 5.70. The van der Waals surface area contributed by atoms with Crippen LogP contribution in [0.5, 0.6) is 0 Å². The van der Waals surface area contributed by atoms with Gasteiger partial charge in [0.15, 0.2) is 0 Å². The van der Waals surface area contributed by atoms with Crippen LogP contribution in [0.2, 0.25) is 0 Å². The molecule has 0 fully saturated rings. The Hall–Kier alpha value is -1.35. The van der Waals surface area contributed by atoms with Crippen molar-refractivity contribution < 1.29 is 9.90 Å². The second-order valence-corrected chi connectivity index (χ2v) is 3.64. The first-order chi connectivity index (χ1) is 7.22. The van der Waals surface area contributed by atoms with Crippen molar-refractivity contribution in [2.24, 2.45) is 5.73 Å². The molecule has 3 N–H and O–H groups in total. The van der Waals surface area contributed by atoms with E-state index in [-0.39, 0.29) is 6.42 Å². The van der Waals surface area contributed by atoms with Crippen LogP contribution < -0.4 is 5.73 Å². The quantitative estimate of drug-likeness (QED) is 0.696. The lowest BCUT2D eigenvalue weighted by Gasteiger charge is -2.03. The molecule has 0 bridgehead atoms. The summed E-state index contributed by atoms with van der Waals surface area (Å²) in [5.74, 6) is -0.783. The van der Waals surface area contributed by atoms with E-state index in [1.807, 2.05) is 24.3 Å². The molecule has 1 rings (SSSR count). The number of hydrogen-bond donors (Lipinski definition) is 2. The van der Waals surface area contributed by atoms with Crippen molar-refractivity contribution >= 4 is 5.97 Å². The molecule has 0 aliphatic carbocycles. The zero-order valence-electron chi connectivity index (χ0n) is 8.78. The minimum Gasteiger partial charge on any atom is -0.481 e. The summed E-state index contributed by atoms with van der Waals surface area (Å²) < 4.78 is 0. The van der Waals surface area contributed by atoms with Gasteiger partial charge >= 0.3 is 5.97 Å². The van der Waals surface area contributed by atoms with E-state index in [4.69, 9.17) is 10.8 Å². The normalized spacial score (nSPS) is 10.2. The van der Waals surface area contributed by atoms with Gasteiger partial charge in [0.2, 0.25) is 0 Å². The first kappa shape index (κ1) is 11.7. The molecule has 0 aliphatic rings. The van der Waals surface area contributed by atoms with Crippen LogP contribution in [0.1, 0.15) is 24.0 Å². The minimum atomic E-state index is -0.783. The third-order valence-electron chi connectivity index (χ3n) is 2.27. The van der Waals surface area contributed by atoms with E-state index in [9.17, 15) is 4.79 Å². The lowest BCUT2D eigenvalue weighted by molar-refractivity contribution is -0.136. The lowest BCUT2D eigenvalue weighted by atomic mass is 10.0. The largest absolute Gasteiger partial charge is 0.481 e. The number of nitrogens with two attached hydrogens (primary N) is 1. The van der Waals surface area contributed by atoms with Crippen molar-refractivity contribution in [2.75, 3.05) is 6.54 Å². The number of carbonyl (C=O) groups is 1. The van der Waals surface area contributed by atoms with Crippen LogP contribution in [0.3, 0.4) is 0 Å². The Morgan fingerprint density at radius 1 is 1.27 bits per heavy atom. The fourth-order valence-corrected chi connectivity index (χ4v) is 1.54. The van der Waals surface area contributed by atoms with Crippen LogP contribution in [-0.2, 0) is 17.6 Å². The Morgan fingerprint density at radius 3 is 2.67 bits per heavy atom. The summed E-state index contributed by atoms with van der Waals surface area (Å²) in [5, 5.41) is 8.66. The molecule has 0 heterocycles. The van der Waals surface area contributed by atoms with E-state index in [0.29, 0.717) is 0 Å². The third-order valence-corrected chi connectivity index (χ3v) is 2.27. The van der Waals surface area contributed by atoms with E-state index in [0.717, 1.165) is 31.4 Å². The number of rotatable bonds is 6. The molecule has 82 valence electrons. The molecule has 0 saturated heterocycles. The molecule has 0 aromatic heterocycles. The van der Waals surface area contributed by atoms with E-state index in [1.165, 1.54) is 5.56 Å². The third kappa shape index (κ3) is 4.61. The summed E-state index contributed by atoms with van der Waals surface area (Å²) in [5.41, 5.74) is 7.48.